The van der Waals surface area contributed by atoms with Crippen molar-refractivity contribution in [3.05, 3.63) is 57.4 Å². The second-order valence-electron chi connectivity index (χ2n) is 4.50. The van der Waals surface area contributed by atoms with Crippen LogP contribution in [0.15, 0.2) is 36.7 Å². The summed E-state index contributed by atoms with van der Waals surface area (Å²) in [5.74, 6) is -0.538. The molecule has 0 bridgehead atoms. The molecule has 1 heterocycles. The van der Waals surface area contributed by atoms with E-state index in [1.165, 1.54) is 18.2 Å². The Morgan fingerprint density at radius 2 is 2.29 bits per heavy atom. The highest BCUT2D eigenvalue weighted by Crippen LogP contribution is 2.28. The number of rotatable bonds is 5. The topological polar surface area (TPSA) is 90.1 Å². The summed E-state index contributed by atoms with van der Waals surface area (Å²) in [4.78, 5) is 22.5. The second kappa shape index (κ2) is 6.36. The summed E-state index contributed by atoms with van der Waals surface area (Å²) in [7, 11) is 0. The number of para-hydroxylation sites is 1. The van der Waals surface area contributed by atoms with Gasteiger partial charge >= 0.3 is 5.69 Å². The third kappa shape index (κ3) is 3.57. The lowest BCUT2D eigenvalue weighted by atomic mass is 10.1. The van der Waals surface area contributed by atoms with Crippen LogP contribution in [0.25, 0.3) is 0 Å². The van der Waals surface area contributed by atoms with Crippen molar-refractivity contribution in [2.75, 3.05) is 0 Å². The maximum Gasteiger partial charge on any atom is 0.300 e. The van der Waals surface area contributed by atoms with Crippen LogP contribution in [-0.4, -0.2) is 26.7 Å². The fourth-order valence-electron chi connectivity index (χ4n) is 1.92. The maximum absolute atomic E-state index is 12.2. The summed E-state index contributed by atoms with van der Waals surface area (Å²) in [6.45, 7) is 2.25. The molecule has 1 aromatic carbocycles. The van der Waals surface area contributed by atoms with E-state index in [1.54, 1.807) is 30.1 Å². The van der Waals surface area contributed by atoms with Gasteiger partial charge in [-0.25, -0.2) is 0 Å². The van der Waals surface area contributed by atoms with Crippen LogP contribution in [0.4, 0.5) is 5.69 Å². The van der Waals surface area contributed by atoms with Crippen molar-refractivity contribution in [1.82, 2.24) is 15.1 Å². The minimum absolute atomic E-state index is 0.0557. The highest BCUT2D eigenvalue weighted by molar-refractivity contribution is 6.33. The van der Waals surface area contributed by atoms with Crippen molar-refractivity contribution in [2.24, 2.45) is 0 Å². The molecule has 8 heteroatoms. The number of carbonyl (C=O) groups excluding carboxylic acids is 1. The van der Waals surface area contributed by atoms with E-state index in [4.69, 9.17) is 11.6 Å². The second-order valence-corrected chi connectivity index (χ2v) is 4.90. The first-order valence-electron chi connectivity index (χ1n) is 6.20. The fraction of sp³-hybridized carbons (Fsp3) is 0.231. The third-order valence-corrected chi connectivity index (χ3v) is 3.12. The number of nitrogens with zero attached hydrogens (tertiary/aromatic N) is 3. The molecule has 1 atom stereocenters. The zero-order chi connectivity index (χ0) is 15.4. The standard InChI is InChI=1S/C13H13ClN4O3/c1-9(8-17-7-3-6-15-17)16-13(19)10-4-2-5-11(14)12(10)18(20)21/h2-7,9H,8H2,1H3,(H,16,19). The Morgan fingerprint density at radius 3 is 2.90 bits per heavy atom. The summed E-state index contributed by atoms with van der Waals surface area (Å²) >= 11 is 5.78. The van der Waals surface area contributed by atoms with E-state index in [0.29, 0.717) is 6.54 Å². The van der Waals surface area contributed by atoms with Crippen molar-refractivity contribution in [1.29, 1.82) is 0 Å². The Kier molecular flexibility index (Phi) is 4.54. The molecule has 7 nitrogen and oxygen atoms in total. The predicted octanol–water partition coefficient (Wildman–Crippen LogP) is 2.26. The smallest absolute Gasteiger partial charge is 0.300 e. The minimum atomic E-state index is -0.657. The van der Waals surface area contributed by atoms with Crippen LogP contribution in [0.1, 0.15) is 17.3 Å². The molecule has 110 valence electrons. The van der Waals surface area contributed by atoms with Gasteiger partial charge < -0.3 is 5.32 Å². The number of amides is 1. The number of halogens is 1. The molecule has 0 aliphatic heterocycles. The SMILES string of the molecule is CC(Cn1cccn1)NC(=O)c1cccc(Cl)c1[N+](=O)[O-]. The number of aromatic nitrogens is 2. The fourth-order valence-corrected chi connectivity index (χ4v) is 2.16. The van der Waals surface area contributed by atoms with E-state index in [0.717, 1.165) is 0 Å². The molecular weight excluding hydrogens is 296 g/mol. The monoisotopic (exact) mass is 308 g/mol. The molecule has 1 amide bonds. The largest absolute Gasteiger partial charge is 0.347 e. The molecule has 2 aromatic rings. The lowest BCUT2D eigenvalue weighted by Gasteiger charge is -2.14. The van der Waals surface area contributed by atoms with Crippen molar-refractivity contribution < 1.29 is 9.72 Å². The first-order chi connectivity index (χ1) is 9.99. The van der Waals surface area contributed by atoms with Gasteiger partial charge in [-0.15, -0.1) is 0 Å². The summed E-state index contributed by atoms with van der Waals surface area (Å²) in [6, 6.07) is 5.79. The molecule has 0 saturated carbocycles. The number of nitro groups is 1. The lowest BCUT2D eigenvalue weighted by Crippen LogP contribution is -2.36. The van der Waals surface area contributed by atoms with Crippen molar-refractivity contribution >= 4 is 23.2 Å². The van der Waals surface area contributed by atoms with Gasteiger partial charge in [0.05, 0.1) is 11.5 Å². The molecule has 0 saturated heterocycles. The molecule has 0 fully saturated rings. The Hall–Kier alpha value is -2.41. The Labute approximate surface area is 125 Å². The van der Waals surface area contributed by atoms with Gasteiger partial charge in [-0.2, -0.15) is 5.10 Å². The molecule has 1 N–H and O–H groups in total. The average Bonchev–Trinajstić information content (AvgIpc) is 2.90. The number of carbonyl (C=O) groups is 1. The maximum atomic E-state index is 12.2. The molecular formula is C13H13ClN4O3. The van der Waals surface area contributed by atoms with E-state index in [2.05, 4.69) is 10.4 Å². The van der Waals surface area contributed by atoms with E-state index in [-0.39, 0.29) is 22.3 Å². The highest BCUT2D eigenvalue weighted by atomic mass is 35.5. The summed E-state index contributed by atoms with van der Waals surface area (Å²) < 4.78 is 1.66. The van der Waals surface area contributed by atoms with Gasteiger partial charge in [-0.1, -0.05) is 17.7 Å². The molecule has 21 heavy (non-hydrogen) atoms. The van der Waals surface area contributed by atoms with Gasteiger partial charge in [-0.05, 0) is 25.1 Å². The molecule has 0 aliphatic rings. The van der Waals surface area contributed by atoms with E-state index in [9.17, 15) is 14.9 Å². The highest BCUT2D eigenvalue weighted by Gasteiger charge is 2.24. The van der Waals surface area contributed by atoms with Crippen LogP contribution in [0, 0.1) is 10.1 Å². The van der Waals surface area contributed by atoms with Gasteiger partial charge in [0, 0.05) is 18.4 Å². The predicted molar refractivity (Wildman–Crippen MR) is 77.3 cm³/mol. The molecule has 2 rings (SSSR count). The molecule has 0 aliphatic carbocycles. The summed E-state index contributed by atoms with van der Waals surface area (Å²) in [5.41, 5.74) is -0.442. The Bertz CT molecular complexity index is 657. The van der Waals surface area contributed by atoms with Gasteiger partial charge in [0.25, 0.3) is 5.91 Å². The molecule has 1 unspecified atom stereocenters. The van der Waals surface area contributed by atoms with Gasteiger partial charge in [0.15, 0.2) is 0 Å². The molecule has 0 radical (unpaired) electrons. The van der Waals surface area contributed by atoms with Crippen LogP contribution >= 0.6 is 11.6 Å². The molecule has 0 spiro atoms. The number of hydrogen-bond acceptors (Lipinski definition) is 4. The van der Waals surface area contributed by atoms with Crippen molar-refractivity contribution in [3.8, 4) is 0 Å². The number of nitrogens with one attached hydrogen (secondary N) is 1. The lowest BCUT2D eigenvalue weighted by molar-refractivity contribution is -0.385. The van der Waals surface area contributed by atoms with Crippen LogP contribution in [-0.2, 0) is 6.54 Å². The number of nitro benzene ring substituents is 1. The molecule has 1 aromatic heterocycles. The summed E-state index contributed by atoms with van der Waals surface area (Å²) in [5, 5.41) is 17.7. The van der Waals surface area contributed by atoms with Gasteiger partial charge in [0.1, 0.15) is 10.6 Å². The normalized spacial score (nSPS) is 11.9. The van der Waals surface area contributed by atoms with E-state index >= 15 is 0 Å². The van der Waals surface area contributed by atoms with Crippen molar-refractivity contribution in [3.63, 3.8) is 0 Å². The summed E-state index contributed by atoms with van der Waals surface area (Å²) in [6.07, 6.45) is 3.40. The van der Waals surface area contributed by atoms with Crippen LogP contribution < -0.4 is 5.32 Å². The van der Waals surface area contributed by atoms with Crippen LogP contribution in [0.5, 0.6) is 0 Å². The number of hydrogen-bond donors (Lipinski definition) is 1. The van der Waals surface area contributed by atoms with E-state index < -0.39 is 10.8 Å². The van der Waals surface area contributed by atoms with Crippen LogP contribution in [0.3, 0.4) is 0 Å². The van der Waals surface area contributed by atoms with E-state index in [1.807, 2.05) is 0 Å². The minimum Gasteiger partial charge on any atom is -0.347 e. The zero-order valence-corrected chi connectivity index (χ0v) is 11.9. The van der Waals surface area contributed by atoms with Gasteiger partial charge in [0.2, 0.25) is 0 Å². The first kappa shape index (κ1) is 15.0. The Morgan fingerprint density at radius 1 is 1.52 bits per heavy atom. The van der Waals surface area contributed by atoms with Gasteiger partial charge in [-0.3, -0.25) is 19.6 Å². The van der Waals surface area contributed by atoms with Crippen LogP contribution in [0.2, 0.25) is 5.02 Å². The Balaban J connectivity index is 2.13. The van der Waals surface area contributed by atoms with Crippen molar-refractivity contribution in [2.45, 2.75) is 19.5 Å². The number of benzene rings is 1. The first-order valence-corrected chi connectivity index (χ1v) is 6.58. The third-order valence-electron chi connectivity index (χ3n) is 2.81. The average molecular weight is 309 g/mol. The zero-order valence-electron chi connectivity index (χ0n) is 11.2. The quantitative estimate of drug-likeness (QED) is 0.677.